The third-order valence-corrected chi connectivity index (χ3v) is 4.25. The molecule has 0 aliphatic rings. The molecule has 0 aliphatic carbocycles. The monoisotopic (exact) mass is 376 g/mol. The largest absolute Gasteiger partial charge is 0.320 e. The molecule has 0 unspecified atom stereocenters. The molecule has 134 valence electrons. The number of para-hydroxylation sites is 1. The highest BCUT2D eigenvalue weighted by molar-refractivity contribution is 7.92. The van der Waals surface area contributed by atoms with Gasteiger partial charge in [-0.05, 0) is 24.3 Å². The normalized spacial score (nSPS) is 11.2. The second kappa shape index (κ2) is 7.09. The second-order valence-corrected chi connectivity index (χ2v) is 6.92. The van der Waals surface area contributed by atoms with Gasteiger partial charge in [-0.2, -0.15) is 0 Å². The number of hydrogen-bond donors (Lipinski definition) is 1. The fourth-order valence-electron chi connectivity index (χ4n) is 1.97. The summed E-state index contributed by atoms with van der Waals surface area (Å²) in [7, 11) is -4.06. The van der Waals surface area contributed by atoms with E-state index in [9.17, 15) is 30.8 Å². The van der Waals surface area contributed by atoms with E-state index in [1.165, 1.54) is 0 Å². The van der Waals surface area contributed by atoms with Gasteiger partial charge >= 0.3 is 0 Å². The Kier molecular flexibility index (Phi) is 5.31. The van der Waals surface area contributed by atoms with Crippen LogP contribution in [-0.2, 0) is 14.8 Å². The molecule has 0 fully saturated rings. The molecule has 1 N–H and O–H groups in total. The van der Waals surface area contributed by atoms with E-state index in [0.29, 0.717) is 16.4 Å². The van der Waals surface area contributed by atoms with Crippen LogP contribution in [0.2, 0.25) is 0 Å². The number of halogens is 4. The predicted octanol–water partition coefficient (Wildman–Crippen LogP) is 2.65. The van der Waals surface area contributed by atoms with Gasteiger partial charge in [-0.15, -0.1) is 0 Å². The number of nitrogens with zero attached hydrogens (tertiary/aromatic N) is 1. The van der Waals surface area contributed by atoms with Crippen molar-refractivity contribution < 1.29 is 30.8 Å². The molecule has 0 radical (unpaired) electrons. The number of benzene rings is 2. The van der Waals surface area contributed by atoms with E-state index in [0.717, 1.165) is 30.5 Å². The minimum absolute atomic E-state index is 0.314. The van der Waals surface area contributed by atoms with Crippen LogP contribution < -0.4 is 9.62 Å². The minimum Gasteiger partial charge on any atom is -0.320 e. The van der Waals surface area contributed by atoms with Crippen LogP contribution in [0.4, 0.5) is 28.9 Å². The molecule has 2 aromatic carbocycles. The van der Waals surface area contributed by atoms with Gasteiger partial charge in [0.2, 0.25) is 15.9 Å². The van der Waals surface area contributed by atoms with Gasteiger partial charge in [-0.25, -0.2) is 26.0 Å². The van der Waals surface area contributed by atoms with Gasteiger partial charge < -0.3 is 5.32 Å². The first kappa shape index (κ1) is 18.7. The number of sulfonamides is 1. The molecule has 0 aliphatic heterocycles. The Bertz CT molecular complexity index is 899. The Hall–Kier alpha value is -2.62. The van der Waals surface area contributed by atoms with Crippen LogP contribution in [0, 0.1) is 23.3 Å². The summed E-state index contributed by atoms with van der Waals surface area (Å²) in [5.41, 5.74) is -1.06. The van der Waals surface area contributed by atoms with Crippen LogP contribution in [-0.4, -0.2) is 27.1 Å². The summed E-state index contributed by atoms with van der Waals surface area (Å²) in [5, 5.41) is 1.91. The topological polar surface area (TPSA) is 66.5 Å². The van der Waals surface area contributed by atoms with Gasteiger partial charge in [-0.3, -0.25) is 9.10 Å². The number of nitrogens with one attached hydrogen (secondary N) is 1. The van der Waals surface area contributed by atoms with Crippen molar-refractivity contribution in [1.82, 2.24) is 0 Å². The summed E-state index contributed by atoms with van der Waals surface area (Å²) < 4.78 is 77.5. The van der Waals surface area contributed by atoms with Crippen molar-refractivity contribution >= 4 is 27.3 Å². The van der Waals surface area contributed by atoms with Crippen LogP contribution in [0.3, 0.4) is 0 Å². The first-order chi connectivity index (χ1) is 11.6. The van der Waals surface area contributed by atoms with Gasteiger partial charge in [-0.1, -0.05) is 6.07 Å². The third-order valence-electron chi connectivity index (χ3n) is 3.11. The van der Waals surface area contributed by atoms with Crippen molar-refractivity contribution in [2.45, 2.75) is 0 Å². The number of amides is 1. The lowest BCUT2D eigenvalue weighted by Gasteiger charge is -2.22. The molecule has 0 saturated heterocycles. The van der Waals surface area contributed by atoms with E-state index in [1.807, 2.05) is 5.32 Å². The van der Waals surface area contributed by atoms with Crippen molar-refractivity contribution in [2.75, 3.05) is 22.4 Å². The lowest BCUT2D eigenvalue weighted by molar-refractivity contribution is -0.114. The van der Waals surface area contributed by atoms with Crippen LogP contribution in [0.15, 0.2) is 36.4 Å². The zero-order valence-electron chi connectivity index (χ0n) is 12.8. The van der Waals surface area contributed by atoms with Crippen LogP contribution in [0.5, 0.6) is 0 Å². The average Bonchev–Trinajstić information content (AvgIpc) is 2.50. The molecule has 2 aromatic rings. The summed E-state index contributed by atoms with van der Waals surface area (Å²) in [6, 6.07) is 5.14. The average molecular weight is 376 g/mol. The molecule has 0 spiro atoms. The lowest BCUT2D eigenvalue weighted by atomic mass is 10.2. The maximum absolute atomic E-state index is 13.5. The summed E-state index contributed by atoms with van der Waals surface area (Å²) >= 11 is 0. The lowest BCUT2D eigenvalue weighted by Crippen LogP contribution is -2.37. The fourth-order valence-corrected chi connectivity index (χ4v) is 2.82. The summed E-state index contributed by atoms with van der Waals surface area (Å²) in [6.45, 7) is -0.891. The van der Waals surface area contributed by atoms with Gasteiger partial charge in [0, 0.05) is 6.07 Å². The van der Waals surface area contributed by atoms with Gasteiger partial charge in [0.1, 0.15) is 23.9 Å². The number of rotatable bonds is 5. The molecule has 10 heteroatoms. The molecule has 0 bridgehead atoms. The SMILES string of the molecule is CS(=O)(=O)N(CC(=O)Nc1c(F)cccc1F)c1ccc(F)c(F)c1. The smallest absolute Gasteiger partial charge is 0.245 e. The molecule has 1 amide bonds. The van der Waals surface area contributed by atoms with E-state index in [4.69, 9.17) is 0 Å². The summed E-state index contributed by atoms with van der Waals surface area (Å²) in [5.74, 6) is -5.68. The minimum atomic E-state index is -4.06. The van der Waals surface area contributed by atoms with Crippen molar-refractivity contribution in [3.05, 3.63) is 59.7 Å². The van der Waals surface area contributed by atoms with Gasteiger partial charge in [0.15, 0.2) is 11.6 Å². The van der Waals surface area contributed by atoms with Crippen molar-refractivity contribution in [1.29, 1.82) is 0 Å². The first-order valence-corrected chi connectivity index (χ1v) is 8.61. The maximum Gasteiger partial charge on any atom is 0.245 e. The molecular formula is C15H12F4N2O3S. The van der Waals surface area contributed by atoms with E-state index < -0.39 is 51.4 Å². The van der Waals surface area contributed by atoms with E-state index >= 15 is 0 Å². The Morgan fingerprint density at radius 1 is 1.00 bits per heavy atom. The quantitative estimate of drug-likeness (QED) is 0.816. The van der Waals surface area contributed by atoms with E-state index in [1.54, 1.807) is 0 Å². The maximum atomic E-state index is 13.5. The highest BCUT2D eigenvalue weighted by atomic mass is 32.2. The second-order valence-electron chi connectivity index (χ2n) is 5.01. The zero-order chi connectivity index (χ0) is 18.8. The third kappa shape index (κ3) is 4.47. The fraction of sp³-hybridized carbons (Fsp3) is 0.133. The van der Waals surface area contributed by atoms with Crippen LogP contribution in [0.1, 0.15) is 0 Å². The molecule has 5 nitrogen and oxygen atoms in total. The first-order valence-electron chi connectivity index (χ1n) is 6.76. The predicted molar refractivity (Wildman–Crippen MR) is 83.5 cm³/mol. The molecule has 2 rings (SSSR count). The Morgan fingerprint density at radius 3 is 2.12 bits per heavy atom. The van der Waals surface area contributed by atoms with Crippen molar-refractivity contribution in [2.24, 2.45) is 0 Å². The number of anilines is 2. The zero-order valence-corrected chi connectivity index (χ0v) is 13.6. The highest BCUT2D eigenvalue weighted by Crippen LogP contribution is 2.22. The Balaban J connectivity index is 2.29. The molecule has 25 heavy (non-hydrogen) atoms. The van der Waals surface area contributed by atoms with Gasteiger partial charge in [0.25, 0.3) is 0 Å². The Labute approximate surface area is 140 Å². The summed E-state index contributed by atoms with van der Waals surface area (Å²) in [4.78, 5) is 12.0. The van der Waals surface area contributed by atoms with Crippen LogP contribution >= 0.6 is 0 Å². The Morgan fingerprint density at radius 2 is 1.60 bits per heavy atom. The standard InChI is InChI=1S/C15H12F4N2O3S/c1-25(23,24)21(9-5-6-10(16)13(19)7-9)8-14(22)20-15-11(17)3-2-4-12(15)18/h2-7H,8H2,1H3,(H,20,22). The van der Waals surface area contributed by atoms with E-state index in [-0.39, 0.29) is 5.69 Å². The van der Waals surface area contributed by atoms with Crippen molar-refractivity contribution in [3.8, 4) is 0 Å². The number of hydrogen-bond acceptors (Lipinski definition) is 3. The summed E-state index contributed by atoms with van der Waals surface area (Å²) in [6.07, 6.45) is 0.741. The van der Waals surface area contributed by atoms with Crippen LogP contribution in [0.25, 0.3) is 0 Å². The molecule has 0 aromatic heterocycles. The molecular weight excluding hydrogens is 364 g/mol. The highest BCUT2D eigenvalue weighted by Gasteiger charge is 2.23. The van der Waals surface area contributed by atoms with Gasteiger partial charge in [0.05, 0.1) is 11.9 Å². The molecule has 0 atom stereocenters. The number of carbonyl (C=O) groups excluding carboxylic acids is 1. The van der Waals surface area contributed by atoms with Crippen molar-refractivity contribution in [3.63, 3.8) is 0 Å². The molecule has 0 saturated carbocycles. The van der Waals surface area contributed by atoms with E-state index in [2.05, 4.69) is 0 Å². The number of carbonyl (C=O) groups is 1. The molecule has 0 heterocycles.